The number of aryl methyl sites for hydroxylation is 1. The molecule has 0 aliphatic heterocycles. The van der Waals surface area contributed by atoms with Crippen molar-refractivity contribution in [3.63, 3.8) is 0 Å². The maximum Gasteiger partial charge on any atom is 0.257 e. The highest BCUT2D eigenvalue weighted by molar-refractivity contribution is 6.35. The molecule has 1 N–H and O–H groups in total. The number of hydrogen-bond acceptors (Lipinski definition) is 2. The van der Waals surface area contributed by atoms with E-state index in [9.17, 15) is 4.79 Å². The Hall–Kier alpha value is -1.58. The topological polar surface area (TPSA) is 42.0 Å². The number of halogens is 2. The second-order valence-electron chi connectivity index (χ2n) is 3.79. The van der Waals surface area contributed by atoms with Crippen LogP contribution in [0.4, 0.5) is 5.69 Å². The Morgan fingerprint density at radius 3 is 2.67 bits per heavy atom. The van der Waals surface area contributed by atoms with Gasteiger partial charge in [-0.1, -0.05) is 29.3 Å². The Labute approximate surface area is 115 Å². The van der Waals surface area contributed by atoms with Gasteiger partial charge in [0, 0.05) is 6.20 Å². The lowest BCUT2D eigenvalue weighted by Gasteiger charge is -2.08. The van der Waals surface area contributed by atoms with E-state index in [0.717, 1.165) is 5.56 Å². The van der Waals surface area contributed by atoms with Gasteiger partial charge in [-0.25, -0.2) is 0 Å². The van der Waals surface area contributed by atoms with Crippen molar-refractivity contribution in [1.82, 2.24) is 4.98 Å². The number of benzene rings is 1. The van der Waals surface area contributed by atoms with Crippen molar-refractivity contribution in [1.29, 1.82) is 0 Å². The Morgan fingerprint density at radius 1 is 1.22 bits per heavy atom. The number of rotatable bonds is 2. The summed E-state index contributed by atoms with van der Waals surface area (Å²) in [5.41, 5.74) is 1.86. The van der Waals surface area contributed by atoms with Gasteiger partial charge in [-0.3, -0.25) is 9.78 Å². The molecule has 2 rings (SSSR count). The third kappa shape index (κ3) is 2.81. The predicted octanol–water partition coefficient (Wildman–Crippen LogP) is 3.95. The van der Waals surface area contributed by atoms with Crippen LogP contribution in [0.1, 0.15) is 15.9 Å². The minimum Gasteiger partial charge on any atom is -0.319 e. The van der Waals surface area contributed by atoms with Crippen molar-refractivity contribution >= 4 is 34.8 Å². The molecule has 0 aliphatic carbocycles. The fourth-order valence-corrected chi connectivity index (χ4v) is 1.94. The van der Waals surface area contributed by atoms with Crippen LogP contribution >= 0.6 is 23.2 Å². The van der Waals surface area contributed by atoms with Crippen LogP contribution in [0.15, 0.2) is 36.7 Å². The Balaban J connectivity index is 2.25. The highest BCUT2D eigenvalue weighted by atomic mass is 35.5. The van der Waals surface area contributed by atoms with Crippen LogP contribution in [-0.2, 0) is 0 Å². The molecule has 0 spiro atoms. The zero-order chi connectivity index (χ0) is 13.1. The molecule has 1 amide bonds. The molecule has 92 valence electrons. The van der Waals surface area contributed by atoms with Crippen molar-refractivity contribution in [2.24, 2.45) is 0 Å². The molecule has 0 fully saturated rings. The molecular formula is C13H10Cl2N2O. The zero-order valence-electron chi connectivity index (χ0n) is 9.58. The maximum atomic E-state index is 12.0. The van der Waals surface area contributed by atoms with E-state index in [0.29, 0.717) is 21.3 Å². The number of amides is 1. The molecule has 0 unspecified atom stereocenters. The molecule has 0 bridgehead atoms. The summed E-state index contributed by atoms with van der Waals surface area (Å²) in [5, 5.41) is 3.51. The molecule has 5 heteroatoms. The van der Waals surface area contributed by atoms with E-state index in [4.69, 9.17) is 23.2 Å². The third-order valence-corrected chi connectivity index (χ3v) is 3.03. The zero-order valence-corrected chi connectivity index (χ0v) is 11.1. The van der Waals surface area contributed by atoms with Crippen LogP contribution in [-0.4, -0.2) is 10.9 Å². The fourth-order valence-electron chi connectivity index (χ4n) is 1.46. The van der Waals surface area contributed by atoms with Gasteiger partial charge in [0.15, 0.2) is 0 Å². The number of nitrogens with one attached hydrogen (secondary N) is 1. The Bertz CT molecular complexity index is 599. The summed E-state index contributed by atoms with van der Waals surface area (Å²) < 4.78 is 0. The largest absolute Gasteiger partial charge is 0.319 e. The van der Waals surface area contributed by atoms with E-state index < -0.39 is 0 Å². The second kappa shape index (κ2) is 5.38. The SMILES string of the molecule is Cc1ccc(C(=O)Nc2cnccc2Cl)c(Cl)c1. The standard InChI is InChI=1S/C13H10Cl2N2O/c1-8-2-3-9(11(15)6-8)13(18)17-12-7-16-5-4-10(12)14/h2-7H,1H3,(H,17,18). The lowest BCUT2D eigenvalue weighted by Crippen LogP contribution is -2.13. The molecule has 18 heavy (non-hydrogen) atoms. The summed E-state index contributed by atoms with van der Waals surface area (Å²) in [6.07, 6.45) is 3.04. The van der Waals surface area contributed by atoms with E-state index in [1.165, 1.54) is 6.20 Å². The molecule has 1 aromatic carbocycles. The normalized spacial score (nSPS) is 10.2. The van der Waals surface area contributed by atoms with Crippen molar-refractivity contribution in [3.05, 3.63) is 57.8 Å². The number of pyridine rings is 1. The molecule has 0 saturated heterocycles. The Kier molecular flexibility index (Phi) is 3.84. The highest BCUT2D eigenvalue weighted by Crippen LogP contribution is 2.22. The molecule has 3 nitrogen and oxygen atoms in total. The van der Waals surface area contributed by atoms with Gasteiger partial charge in [-0.15, -0.1) is 0 Å². The minimum absolute atomic E-state index is 0.310. The monoisotopic (exact) mass is 280 g/mol. The second-order valence-corrected chi connectivity index (χ2v) is 4.61. The van der Waals surface area contributed by atoms with E-state index in [2.05, 4.69) is 10.3 Å². The van der Waals surface area contributed by atoms with Crippen molar-refractivity contribution in [2.75, 3.05) is 5.32 Å². The third-order valence-electron chi connectivity index (χ3n) is 2.39. The van der Waals surface area contributed by atoms with Crippen molar-refractivity contribution < 1.29 is 4.79 Å². The van der Waals surface area contributed by atoms with Crippen molar-refractivity contribution in [2.45, 2.75) is 6.92 Å². The first-order valence-electron chi connectivity index (χ1n) is 5.25. The predicted molar refractivity (Wildman–Crippen MR) is 73.4 cm³/mol. The number of carbonyl (C=O) groups is 1. The van der Waals surface area contributed by atoms with Gasteiger partial charge in [0.2, 0.25) is 0 Å². The smallest absolute Gasteiger partial charge is 0.257 e. The highest BCUT2D eigenvalue weighted by Gasteiger charge is 2.12. The first-order valence-corrected chi connectivity index (χ1v) is 6.00. The average molecular weight is 281 g/mol. The molecule has 0 atom stereocenters. The van der Waals surface area contributed by atoms with Crippen LogP contribution < -0.4 is 5.32 Å². The average Bonchev–Trinajstić information content (AvgIpc) is 2.32. The molecule has 0 saturated carbocycles. The van der Waals surface area contributed by atoms with Gasteiger partial charge >= 0.3 is 0 Å². The maximum absolute atomic E-state index is 12.0. The van der Waals surface area contributed by atoms with E-state index >= 15 is 0 Å². The van der Waals surface area contributed by atoms with Gasteiger partial charge < -0.3 is 5.32 Å². The van der Waals surface area contributed by atoms with Crippen LogP contribution in [0.5, 0.6) is 0 Å². The number of anilines is 1. The van der Waals surface area contributed by atoms with Crippen LogP contribution in [0.2, 0.25) is 10.0 Å². The lowest BCUT2D eigenvalue weighted by atomic mass is 10.1. The summed E-state index contributed by atoms with van der Waals surface area (Å²) >= 11 is 12.0. The molecular weight excluding hydrogens is 271 g/mol. The fraction of sp³-hybridized carbons (Fsp3) is 0.0769. The van der Waals surface area contributed by atoms with Gasteiger partial charge in [0.05, 0.1) is 27.5 Å². The van der Waals surface area contributed by atoms with Gasteiger partial charge in [0.25, 0.3) is 5.91 Å². The van der Waals surface area contributed by atoms with Gasteiger partial charge in [0.1, 0.15) is 0 Å². The molecule has 1 heterocycles. The number of nitrogens with zero attached hydrogens (tertiary/aromatic N) is 1. The van der Waals surface area contributed by atoms with Gasteiger partial charge in [-0.05, 0) is 30.7 Å². The molecule has 0 radical (unpaired) electrons. The summed E-state index contributed by atoms with van der Waals surface area (Å²) in [6, 6.07) is 6.85. The number of aromatic nitrogens is 1. The van der Waals surface area contributed by atoms with E-state index in [1.807, 2.05) is 13.0 Å². The van der Waals surface area contributed by atoms with E-state index in [1.54, 1.807) is 24.4 Å². The van der Waals surface area contributed by atoms with Crippen LogP contribution in [0, 0.1) is 6.92 Å². The van der Waals surface area contributed by atoms with Gasteiger partial charge in [-0.2, -0.15) is 0 Å². The number of carbonyl (C=O) groups excluding carboxylic acids is 1. The first-order chi connectivity index (χ1) is 8.58. The number of hydrogen-bond donors (Lipinski definition) is 1. The lowest BCUT2D eigenvalue weighted by molar-refractivity contribution is 0.102. The first kappa shape index (κ1) is 12.9. The summed E-state index contributed by atoms with van der Waals surface area (Å²) in [6.45, 7) is 1.91. The van der Waals surface area contributed by atoms with Crippen molar-refractivity contribution in [3.8, 4) is 0 Å². The summed E-state index contributed by atoms with van der Waals surface area (Å²) in [7, 11) is 0. The minimum atomic E-state index is -0.310. The molecule has 0 aliphatic rings. The quantitative estimate of drug-likeness (QED) is 0.905. The molecule has 2 aromatic rings. The summed E-state index contributed by atoms with van der Waals surface area (Å²) in [5.74, 6) is -0.310. The van der Waals surface area contributed by atoms with E-state index in [-0.39, 0.29) is 5.91 Å². The summed E-state index contributed by atoms with van der Waals surface area (Å²) in [4.78, 5) is 15.9. The van der Waals surface area contributed by atoms with Crippen LogP contribution in [0.25, 0.3) is 0 Å². The van der Waals surface area contributed by atoms with Crippen LogP contribution in [0.3, 0.4) is 0 Å². The Morgan fingerprint density at radius 2 is 2.00 bits per heavy atom. The molecule has 1 aromatic heterocycles.